The third kappa shape index (κ3) is 3.00. The second-order valence-electron chi connectivity index (χ2n) is 6.07. The monoisotopic (exact) mass is 364 g/mol. The molecule has 0 saturated carbocycles. The van der Waals surface area contributed by atoms with E-state index < -0.39 is 0 Å². The van der Waals surface area contributed by atoms with Crippen molar-refractivity contribution in [3.05, 3.63) is 82.9 Å². The highest BCUT2D eigenvalue weighted by Gasteiger charge is 2.26. The molecule has 1 heterocycles. The lowest BCUT2D eigenvalue weighted by Gasteiger charge is -2.23. The van der Waals surface area contributed by atoms with Crippen molar-refractivity contribution in [3.8, 4) is 5.75 Å². The average Bonchev–Trinajstić information content (AvgIpc) is 2.77. The van der Waals surface area contributed by atoms with Crippen LogP contribution in [0, 0.1) is 0 Å². The number of para-hydroxylation sites is 2. The van der Waals surface area contributed by atoms with E-state index in [1.54, 1.807) is 30.2 Å². The zero-order valence-electron chi connectivity index (χ0n) is 14.2. The number of carbonyl (C=O) groups excluding carboxylic acids is 1. The molecule has 1 aliphatic rings. The number of anilines is 3. The number of nitrogens with zero attached hydrogens (tertiary/aromatic N) is 1. The molecule has 0 bridgehead atoms. The second-order valence-corrected chi connectivity index (χ2v) is 6.51. The van der Waals surface area contributed by atoms with Crippen LogP contribution in [0.3, 0.4) is 0 Å². The number of carbonyl (C=O) groups is 1. The van der Waals surface area contributed by atoms with Crippen LogP contribution < -0.4 is 15.0 Å². The van der Waals surface area contributed by atoms with Gasteiger partial charge in [0.1, 0.15) is 5.75 Å². The summed E-state index contributed by atoms with van der Waals surface area (Å²) in [5.74, 6) is 0.725. The Morgan fingerprint density at radius 3 is 2.54 bits per heavy atom. The molecule has 0 aliphatic carbocycles. The van der Waals surface area contributed by atoms with Gasteiger partial charge in [-0.2, -0.15) is 0 Å². The molecule has 130 valence electrons. The highest BCUT2D eigenvalue weighted by molar-refractivity contribution is 6.31. The fourth-order valence-corrected chi connectivity index (χ4v) is 3.26. The summed E-state index contributed by atoms with van der Waals surface area (Å²) in [7, 11) is 1.64. The van der Waals surface area contributed by atoms with Crippen molar-refractivity contribution in [1.29, 1.82) is 0 Å². The summed E-state index contributed by atoms with van der Waals surface area (Å²) in [6, 6.07) is 20.8. The minimum Gasteiger partial charge on any atom is -0.497 e. The molecular formula is C21H17ClN2O2. The summed E-state index contributed by atoms with van der Waals surface area (Å²) in [5.41, 5.74) is 4.04. The van der Waals surface area contributed by atoms with Gasteiger partial charge in [0.15, 0.2) is 0 Å². The maximum Gasteiger partial charge on any atom is 0.260 e. The summed E-state index contributed by atoms with van der Waals surface area (Å²) < 4.78 is 5.21. The summed E-state index contributed by atoms with van der Waals surface area (Å²) >= 11 is 6.12. The Kier molecular flexibility index (Phi) is 4.27. The molecule has 26 heavy (non-hydrogen) atoms. The van der Waals surface area contributed by atoms with E-state index in [2.05, 4.69) is 5.32 Å². The number of halogens is 1. The maximum absolute atomic E-state index is 13.3. The van der Waals surface area contributed by atoms with E-state index in [9.17, 15) is 4.79 Å². The van der Waals surface area contributed by atoms with E-state index in [4.69, 9.17) is 16.3 Å². The van der Waals surface area contributed by atoms with Crippen molar-refractivity contribution in [2.75, 3.05) is 17.3 Å². The number of ether oxygens (including phenoxy) is 1. The van der Waals surface area contributed by atoms with E-state index in [0.29, 0.717) is 22.8 Å². The third-order valence-electron chi connectivity index (χ3n) is 4.42. The van der Waals surface area contributed by atoms with Gasteiger partial charge in [-0.25, -0.2) is 0 Å². The van der Waals surface area contributed by atoms with Gasteiger partial charge in [0, 0.05) is 5.02 Å². The van der Waals surface area contributed by atoms with Crippen LogP contribution in [0.1, 0.15) is 15.9 Å². The van der Waals surface area contributed by atoms with Crippen LogP contribution in [0.5, 0.6) is 5.75 Å². The summed E-state index contributed by atoms with van der Waals surface area (Å²) in [5, 5.41) is 3.93. The van der Waals surface area contributed by atoms with Gasteiger partial charge in [-0.15, -0.1) is 0 Å². The number of fused-ring (bicyclic) bond motifs is 2. The van der Waals surface area contributed by atoms with Gasteiger partial charge in [0.25, 0.3) is 5.91 Å². The molecule has 0 radical (unpaired) electrons. The third-order valence-corrected chi connectivity index (χ3v) is 4.66. The first-order valence-corrected chi connectivity index (χ1v) is 8.64. The standard InChI is InChI=1S/C21H17ClN2O2/c1-26-16-9-6-14(7-10-16)13-24-20-5-3-2-4-18(20)23-19-12-15(22)8-11-17(19)21(24)25/h2-12,23H,13H2,1H3. The Hall–Kier alpha value is -2.98. The Morgan fingerprint density at radius 2 is 1.77 bits per heavy atom. The van der Waals surface area contributed by atoms with E-state index in [1.807, 2.05) is 48.5 Å². The molecule has 0 saturated heterocycles. The normalized spacial score (nSPS) is 12.7. The van der Waals surface area contributed by atoms with Gasteiger partial charge in [-0.3, -0.25) is 4.79 Å². The molecule has 3 aromatic rings. The lowest BCUT2D eigenvalue weighted by Crippen LogP contribution is -2.29. The molecule has 0 aromatic heterocycles. The van der Waals surface area contributed by atoms with E-state index in [1.165, 1.54) is 0 Å². The second kappa shape index (κ2) is 6.73. The first kappa shape index (κ1) is 16.5. The smallest absolute Gasteiger partial charge is 0.260 e. The lowest BCUT2D eigenvalue weighted by atomic mass is 10.1. The quantitative estimate of drug-likeness (QED) is 0.689. The number of benzene rings is 3. The van der Waals surface area contributed by atoms with Crippen molar-refractivity contribution in [2.24, 2.45) is 0 Å². The van der Waals surface area contributed by atoms with Gasteiger partial charge in [0.05, 0.1) is 36.3 Å². The number of nitrogens with one attached hydrogen (secondary N) is 1. The van der Waals surface area contributed by atoms with Crippen molar-refractivity contribution in [3.63, 3.8) is 0 Å². The molecule has 1 N–H and O–H groups in total. The first-order chi connectivity index (χ1) is 12.7. The van der Waals surface area contributed by atoms with Crippen molar-refractivity contribution in [1.82, 2.24) is 0 Å². The highest BCUT2D eigenvalue weighted by atomic mass is 35.5. The van der Waals surface area contributed by atoms with Crippen LogP contribution in [0.25, 0.3) is 0 Å². The van der Waals surface area contributed by atoms with Gasteiger partial charge in [-0.1, -0.05) is 35.9 Å². The topological polar surface area (TPSA) is 41.6 Å². The molecule has 5 heteroatoms. The molecule has 4 rings (SSSR count). The predicted octanol–water partition coefficient (Wildman–Crippen LogP) is 5.25. The van der Waals surface area contributed by atoms with E-state index in [-0.39, 0.29) is 5.91 Å². The van der Waals surface area contributed by atoms with Crippen LogP contribution in [-0.2, 0) is 6.54 Å². The van der Waals surface area contributed by atoms with Gasteiger partial charge < -0.3 is 15.0 Å². The number of hydrogen-bond acceptors (Lipinski definition) is 3. The Labute approximate surface area is 157 Å². The predicted molar refractivity (Wildman–Crippen MR) is 105 cm³/mol. The average molecular weight is 365 g/mol. The van der Waals surface area contributed by atoms with Gasteiger partial charge in [0.2, 0.25) is 0 Å². The van der Waals surface area contributed by atoms with Crippen molar-refractivity contribution >= 4 is 34.6 Å². The number of hydrogen-bond donors (Lipinski definition) is 1. The first-order valence-electron chi connectivity index (χ1n) is 8.26. The van der Waals surface area contributed by atoms with E-state index in [0.717, 1.165) is 22.7 Å². The molecule has 4 nitrogen and oxygen atoms in total. The molecule has 0 fully saturated rings. The number of amides is 1. The largest absolute Gasteiger partial charge is 0.497 e. The number of methoxy groups -OCH3 is 1. The molecule has 0 atom stereocenters. The molecule has 0 spiro atoms. The SMILES string of the molecule is COc1ccc(CN2C(=O)c3ccc(Cl)cc3Nc3ccccc32)cc1. The summed E-state index contributed by atoms with van der Waals surface area (Å²) in [6.45, 7) is 0.462. The van der Waals surface area contributed by atoms with E-state index >= 15 is 0 Å². The van der Waals surface area contributed by atoms with Crippen molar-refractivity contribution < 1.29 is 9.53 Å². The van der Waals surface area contributed by atoms with Crippen LogP contribution in [0.2, 0.25) is 5.02 Å². The Morgan fingerprint density at radius 1 is 1.00 bits per heavy atom. The molecular weight excluding hydrogens is 348 g/mol. The fraction of sp³-hybridized carbons (Fsp3) is 0.0952. The number of rotatable bonds is 3. The summed E-state index contributed by atoms with van der Waals surface area (Å²) in [4.78, 5) is 15.0. The highest BCUT2D eigenvalue weighted by Crippen LogP contribution is 2.37. The molecule has 1 amide bonds. The minimum absolute atomic E-state index is 0.0649. The van der Waals surface area contributed by atoms with Gasteiger partial charge in [-0.05, 0) is 48.0 Å². The van der Waals surface area contributed by atoms with Gasteiger partial charge >= 0.3 is 0 Å². The van der Waals surface area contributed by atoms with Crippen LogP contribution in [0.4, 0.5) is 17.1 Å². The minimum atomic E-state index is -0.0649. The molecule has 3 aromatic carbocycles. The lowest BCUT2D eigenvalue weighted by molar-refractivity contribution is 0.0986. The fourth-order valence-electron chi connectivity index (χ4n) is 3.09. The Balaban J connectivity index is 1.78. The molecule has 1 aliphatic heterocycles. The Bertz CT molecular complexity index is 970. The van der Waals surface area contributed by atoms with Crippen LogP contribution >= 0.6 is 11.6 Å². The van der Waals surface area contributed by atoms with Crippen LogP contribution in [0.15, 0.2) is 66.7 Å². The summed E-state index contributed by atoms with van der Waals surface area (Å²) in [6.07, 6.45) is 0. The molecule has 0 unspecified atom stereocenters. The zero-order chi connectivity index (χ0) is 18.1. The van der Waals surface area contributed by atoms with Crippen LogP contribution in [-0.4, -0.2) is 13.0 Å². The zero-order valence-corrected chi connectivity index (χ0v) is 15.0. The van der Waals surface area contributed by atoms with Crippen molar-refractivity contribution in [2.45, 2.75) is 6.54 Å². The maximum atomic E-state index is 13.3.